The van der Waals surface area contributed by atoms with Crippen molar-refractivity contribution in [3.05, 3.63) is 24.2 Å². The van der Waals surface area contributed by atoms with E-state index in [9.17, 15) is 0 Å². The van der Waals surface area contributed by atoms with Gasteiger partial charge in [-0.2, -0.15) is 5.10 Å². The minimum absolute atomic E-state index is 0.759. The molecule has 0 fully saturated rings. The fraction of sp³-hybridized carbons (Fsp3) is 0.333. The van der Waals surface area contributed by atoms with Gasteiger partial charge in [-0.15, -0.1) is 0 Å². The summed E-state index contributed by atoms with van der Waals surface area (Å²) in [5.74, 6) is 0.759. The minimum Gasteiger partial charge on any atom is -0.493 e. The van der Waals surface area contributed by atoms with Gasteiger partial charge in [0.05, 0.1) is 25.2 Å². The lowest BCUT2D eigenvalue weighted by atomic mass is 10.4. The van der Waals surface area contributed by atoms with Crippen molar-refractivity contribution in [2.24, 2.45) is 0 Å². The largest absolute Gasteiger partial charge is 0.493 e. The van der Waals surface area contributed by atoms with Crippen LogP contribution in [-0.4, -0.2) is 21.7 Å². The summed E-state index contributed by atoms with van der Waals surface area (Å²) in [6.45, 7) is 2.06. The summed E-state index contributed by atoms with van der Waals surface area (Å²) in [6, 6.07) is 1.81. The molecule has 2 heterocycles. The lowest BCUT2D eigenvalue weighted by Crippen LogP contribution is -1.92. The van der Waals surface area contributed by atoms with Crippen molar-refractivity contribution >= 4 is 5.65 Å². The quantitative estimate of drug-likeness (QED) is 0.694. The Balaban J connectivity index is 2.67. The van der Waals surface area contributed by atoms with E-state index in [0.29, 0.717) is 0 Å². The summed E-state index contributed by atoms with van der Waals surface area (Å²) in [4.78, 5) is 4.38. The second-order valence-corrected chi connectivity index (χ2v) is 2.75. The molecule has 0 radical (unpaired) electrons. The van der Waals surface area contributed by atoms with Crippen molar-refractivity contribution in [3.63, 3.8) is 0 Å². The lowest BCUT2D eigenvalue weighted by molar-refractivity contribution is 0.415. The van der Waals surface area contributed by atoms with Gasteiger partial charge in [0.25, 0.3) is 0 Å². The molecule has 0 aliphatic carbocycles. The van der Waals surface area contributed by atoms with Gasteiger partial charge in [0.2, 0.25) is 0 Å². The van der Waals surface area contributed by atoms with Gasteiger partial charge in [-0.3, -0.25) is 0 Å². The normalized spacial score (nSPS) is 10.6. The first-order valence-corrected chi connectivity index (χ1v) is 4.22. The molecular weight excluding hydrogens is 166 g/mol. The summed E-state index contributed by atoms with van der Waals surface area (Å²) < 4.78 is 6.90. The first-order valence-electron chi connectivity index (χ1n) is 4.22. The van der Waals surface area contributed by atoms with Crippen molar-refractivity contribution in [2.45, 2.75) is 13.3 Å². The molecular formula is C9H11N3O. The third kappa shape index (κ3) is 1.24. The third-order valence-corrected chi connectivity index (χ3v) is 1.96. The second kappa shape index (κ2) is 3.05. The van der Waals surface area contributed by atoms with Gasteiger partial charge in [-0.1, -0.05) is 6.92 Å². The molecule has 2 aromatic rings. The summed E-state index contributed by atoms with van der Waals surface area (Å²) in [5.41, 5.74) is 1.80. The Morgan fingerprint density at radius 2 is 2.38 bits per heavy atom. The van der Waals surface area contributed by atoms with Crippen molar-refractivity contribution in [2.75, 3.05) is 7.11 Å². The molecule has 2 aromatic heterocycles. The van der Waals surface area contributed by atoms with E-state index in [2.05, 4.69) is 17.0 Å². The molecule has 0 N–H and O–H groups in total. The number of rotatable bonds is 2. The monoisotopic (exact) mass is 177 g/mol. The van der Waals surface area contributed by atoms with E-state index in [0.717, 1.165) is 23.5 Å². The van der Waals surface area contributed by atoms with E-state index in [1.165, 1.54) is 0 Å². The average molecular weight is 177 g/mol. The first-order chi connectivity index (χ1) is 6.35. The molecule has 0 aliphatic heterocycles. The Kier molecular flexibility index (Phi) is 1.88. The van der Waals surface area contributed by atoms with E-state index < -0.39 is 0 Å². The van der Waals surface area contributed by atoms with Crippen LogP contribution in [0.2, 0.25) is 0 Å². The number of ether oxygens (including phenoxy) is 1. The van der Waals surface area contributed by atoms with Crippen LogP contribution in [0.15, 0.2) is 18.5 Å². The number of methoxy groups -OCH3 is 1. The predicted molar refractivity (Wildman–Crippen MR) is 48.9 cm³/mol. The molecule has 0 aliphatic rings. The van der Waals surface area contributed by atoms with Crippen LogP contribution in [0.3, 0.4) is 0 Å². The molecule has 0 unspecified atom stereocenters. The van der Waals surface area contributed by atoms with Crippen LogP contribution in [0.5, 0.6) is 5.75 Å². The van der Waals surface area contributed by atoms with E-state index in [1.807, 2.05) is 12.3 Å². The van der Waals surface area contributed by atoms with Crippen LogP contribution in [0.25, 0.3) is 5.65 Å². The molecule has 68 valence electrons. The molecule has 0 saturated carbocycles. The van der Waals surface area contributed by atoms with Crippen molar-refractivity contribution in [1.29, 1.82) is 0 Å². The predicted octanol–water partition coefficient (Wildman–Crippen LogP) is 1.30. The van der Waals surface area contributed by atoms with Crippen LogP contribution in [0, 0.1) is 0 Å². The number of nitrogens with zero attached hydrogens (tertiary/aromatic N) is 3. The molecule has 0 saturated heterocycles. The number of aryl methyl sites for hydroxylation is 1. The number of aromatic nitrogens is 3. The van der Waals surface area contributed by atoms with Crippen molar-refractivity contribution < 1.29 is 4.74 Å². The summed E-state index contributed by atoms with van der Waals surface area (Å²) in [6.07, 6.45) is 4.53. The van der Waals surface area contributed by atoms with Crippen LogP contribution in [0.4, 0.5) is 0 Å². The highest BCUT2D eigenvalue weighted by Crippen LogP contribution is 2.16. The number of fused-ring (bicyclic) bond motifs is 1. The molecule has 0 bridgehead atoms. The Morgan fingerprint density at radius 3 is 3.08 bits per heavy atom. The molecule has 0 spiro atoms. The molecule has 4 heteroatoms. The lowest BCUT2D eigenvalue weighted by Gasteiger charge is -1.98. The maximum absolute atomic E-state index is 5.16. The van der Waals surface area contributed by atoms with Crippen LogP contribution >= 0.6 is 0 Å². The smallest absolute Gasteiger partial charge is 0.196 e. The van der Waals surface area contributed by atoms with Gasteiger partial charge in [0, 0.05) is 6.07 Å². The van der Waals surface area contributed by atoms with E-state index in [4.69, 9.17) is 4.74 Å². The van der Waals surface area contributed by atoms with Gasteiger partial charge >= 0.3 is 0 Å². The molecule has 2 rings (SSSR count). The standard InChI is InChI=1S/C9H11N3O/c1-3-7-6-12-9(11-7)8(13-2)4-5-10-12/h4-6H,3H2,1-2H3. The Hall–Kier alpha value is -1.58. The SMILES string of the molecule is CCc1cn2nccc(OC)c2n1. The number of hydrogen-bond donors (Lipinski definition) is 0. The fourth-order valence-electron chi connectivity index (χ4n) is 1.25. The van der Waals surface area contributed by atoms with Gasteiger partial charge in [-0.05, 0) is 6.42 Å². The summed E-state index contributed by atoms with van der Waals surface area (Å²) >= 11 is 0. The zero-order valence-corrected chi connectivity index (χ0v) is 7.69. The van der Waals surface area contributed by atoms with Crippen LogP contribution in [0.1, 0.15) is 12.6 Å². The maximum atomic E-state index is 5.16. The zero-order chi connectivity index (χ0) is 9.26. The Labute approximate surface area is 76.2 Å². The van der Waals surface area contributed by atoms with E-state index >= 15 is 0 Å². The highest BCUT2D eigenvalue weighted by Gasteiger charge is 2.05. The first kappa shape index (κ1) is 8.04. The topological polar surface area (TPSA) is 39.4 Å². The highest BCUT2D eigenvalue weighted by molar-refractivity contribution is 5.52. The van der Waals surface area contributed by atoms with E-state index in [-0.39, 0.29) is 0 Å². The molecule has 4 nitrogen and oxygen atoms in total. The van der Waals surface area contributed by atoms with E-state index in [1.54, 1.807) is 17.8 Å². The molecule has 0 aromatic carbocycles. The van der Waals surface area contributed by atoms with Crippen LogP contribution < -0.4 is 4.74 Å². The molecule has 13 heavy (non-hydrogen) atoms. The maximum Gasteiger partial charge on any atom is 0.196 e. The zero-order valence-electron chi connectivity index (χ0n) is 7.69. The fourth-order valence-corrected chi connectivity index (χ4v) is 1.25. The minimum atomic E-state index is 0.759. The second-order valence-electron chi connectivity index (χ2n) is 2.75. The summed E-state index contributed by atoms with van der Waals surface area (Å²) in [5, 5.41) is 4.13. The Morgan fingerprint density at radius 1 is 1.54 bits per heavy atom. The Bertz CT molecular complexity index is 422. The number of imidazole rings is 1. The van der Waals surface area contributed by atoms with Gasteiger partial charge in [-0.25, -0.2) is 9.50 Å². The van der Waals surface area contributed by atoms with Gasteiger partial charge < -0.3 is 4.74 Å². The average Bonchev–Trinajstić information content (AvgIpc) is 2.59. The van der Waals surface area contributed by atoms with Crippen molar-refractivity contribution in [1.82, 2.24) is 14.6 Å². The third-order valence-electron chi connectivity index (χ3n) is 1.96. The van der Waals surface area contributed by atoms with Gasteiger partial charge in [0.1, 0.15) is 0 Å². The number of hydrogen-bond acceptors (Lipinski definition) is 3. The van der Waals surface area contributed by atoms with Crippen molar-refractivity contribution in [3.8, 4) is 5.75 Å². The molecule has 0 amide bonds. The highest BCUT2D eigenvalue weighted by atomic mass is 16.5. The van der Waals surface area contributed by atoms with Crippen LogP contribution in [-0.2, 0) is 6.42 Å². The molecule has 0 atom stereocenters. The van der Waals surface area contributed by atoms with Gasteiger partial charge in [0.15, 0.2) is 11.4 Å². The summed E-state index contributed by atoms with van der Waals surface area (Å²) in [7, 11) is 1.63.